The third kappa shape index (κ3) is 1.75. The number of esters is 1. The van der Waals surface area contributed by atoms with Gasteiger partial charge in [-0.1, -0.05) is 41.9 Å². The van der Waals surface area contributed by atoms with E-state index in [0.717, 1.165) is 6.42 Å². The summed E-state index contributed by atoms with van der Waals surface area (Å²) in [6.07, 6.45) is 5.53. The number of rotatable bonds is 1. The van der Waals surface area contributed by atoms with Gasteiger partial charge in [0.25, 0.3) is 0 Å². The van der Waals surface area contributed by atoms with Crippen molar-refractivity contribution in [2.24, 2.45) is 17.3 Å². The maximum Gasteiger partial charge on any atom is 0.302 e. The van der Waals surface area contributed by atoms with Crippen LogP contribution in [-0.2, 0) is 9.53 Å². The monoisotopic (exact) mass is 272 g/mol. The summed E-state index contributed by atoms with van der Waals surface area (Å²) < 4.78 is 5.43. The fourth-order valence-corrected chi connectivity index (χ4v) is 3.44. The molecule has 0 amide bonds. The Morgan fingerprint density at radius 1 is 1.47 bits per heavy atom. The lowest BCUT2D eigenvalue weighted by Crippen LogP contribution is -2.51. The van der Waals surface area contributed by atoms with E-state index in [2.05, 4.69) is 41.9 Å². The predicted octanol–water partition coefficient (Wildman–Crippen LogP) is 2.91. The molecule has 15 heavy (non-hydrogen) atoms. The van der Waals surface area contributed by atoms with Crippen LogP contribution >= 0.6 is 15.9 Å². The normalized spacial score (nSPS) is 41.6. The Bertz CT molecular complexity index is 309. The molecule has 0 aromatic heterocycles. The largest absolute Gasteiger partial charge is 0.461 e. The summed E-state index contributed by atoms with van der Waals surface area (Å²) >= 11 is 3.59. The highest BCUT2D eigenvalue weighted by atomic mass is 79.9. The van der Waals surface area contributed by atoms with Crippen molar-refractivity contribution in [3.05, 3.63) is 12.2 Å². The van der Waals surface area contributed by atoms with Crippen LogP contribution in [0.1, 0.15) is 27.2 Å². The first-order valence-corrected chi connectivity index (χ1v) is 6.34. The minimum absolute atomic E-state index is 0.00694. The maximum atomic E-state index is 11.1. The Labute approximate surface area is 99.2 Å². The summed E-state index contributed by atoms with van der Waals surface area (Å²) in [5.74, 6) is 0.938. The van der Waals surface area contributed by atoms with Crippen LogP contribution in [0.15, 0.2) is 12.2 Å². The fourth-order valence-electron chi connectivity index (χ4n) is 2.79. The van der Waals surface area contributed by atoms with Crippen LogP contribution in [0.2, 0.25) is 0 Å². The molecule has 0 saturated heterocycles. The molecule has 0 radical (unpaired) electrons. The number of alkyl halides is 1. The molecule has 3 rings (SSSR count). The molecule has 2 bridgehead atoms. The van der Waals surface area contributed by atoms with Gasteiger partial charge in [0.1, 0.15) is 6.10 Å². The molecule has 1 fully saturated rings. The number of hydrogen-bond acceptors (Lipinski definition) is 2. The minimum atomic E-state index is -0.181. The van der Waals surface area contributed by atoms with E-state index in [-0.39, 0.29) is 22.3 Å². The van der Waals surface area contributed by atoms with Gasteiger partial charge in [-0.25, -0.2) is 0 Å². The van der Waals surface area contributed by atoms with Crippen LogP contribution in [0, 0.1) is 17.3 Å². The molecule has 3 aliphatic rings. The second kappa shape index (κ2) is 3.62. The van der Waals surface area contributed by atoms with Crippen molar-refractivity contribution in [1.82, 2.24) is 0 Å². The highest BCUT2D eigenvalue weighted by Crippen LogP contribution is 2.56. The lowest BCUT2D eigenvalue weighted by molar-refractivity contribution is -0.158. The third-order valence-corrected chi connectivity index (χ3v) is 4.79. The maximum absolute atomic E-state index is 11.1. The van der Waals surface area contributed by atoms with Crippen molar-refractivity contribution in [1.29, 1.82) is 0 Å². The number of carbonyl (C=O) groups excluding carboxylic acids is 1. The second-order valence-electron chi connectivity index (χ2n) is 5.17. The third-order valence-electron chi connectivity index (χ3n) is 3.96. The van der Waals surface area contributed by atoms with Crippen molar-refractivity contribution in [3.63, 3.8) is 0 Å². The van der Waals surface area contributed by atoms with Gasteiger partial charge in [-0.15, -0.1) is 0 Å². The quantitative estimate of drug-likeness (QED) is 0.417. The van der Waals surface area contributed by atoms with Gasteiger partial charge in [-0.3, -0.25) is 4.79 Å². The van der Waals surface area contributed by atoms with Crippen LogP contribution < -0.4 is 0 Å². The van der Waals surface area contributed by atoms with Gasteiger partial charge in [0, 0.05) is 12.8 Å². The summed E-state index contributed by atoms with van der Waals surface area (Å²) in [4.78, 5) is 11.2. The molecule has 0 spiro atoms. The highest BCUT2D eigenvalue weighted by molar-refractivity contribution is 9.09. The average Bonchev–Trinajstić information content (AvgIpc) is 2.32. The summed E-state index contributed by atoms with van der Waals surface area (Å²) in [7, 11) is 0. The van der Waals surface area contributed by atoms with Crippen molar-refractivity contribution < 1.29 is 9.53 Å². The van der Waals surface area contributed by atoms with Crippen molar-refractivity contribution in [2.45, 2.75) is 38.1 Å². The van der Waals surface area contributed by atoms with Crippen LogP contribution in [0.25, 0.3) is 0 Å². The van der Waals surface area contributed by atoms with Crippen LogP contribution in [0.5, 0.6) is 0 Å². The van der Waals surface area contributed by atoms with Crippen LogP contribution in [-0.4, -0.2) is 16.9 Å². The van der Waals surface area contributed by atoms with E-state index in [4.69, 9.17) is 4.74 Å². The topological polar surface area (TPSA) is 26.3 Å². The van der Waals surface area contributed by atoms with Crippen LogP contribution in [0.3, 0.4) is 0 Å². The first-order valence-electron chi connectivity index (χ1n) is 5.42. The number of hydrogen-bond donors (Lipinski definition) is 0. The standard InChI is InChI=1S/C12H17BrO2/c1-7(14)15-11-9-6-8(12(9,2)3)4-5-10(11)13/h4-5,8-11H,6H2,1-3H3. The zero-order valence-corrected chi connectivity index (χ0v) is 11.0. The van der Waals surface area contributed by atoms with Crippen LogP contribution in [0.4, 0.5) is 0 Å². The number of fused-ring (bicyclic) bond motifs is 2. The average molecular weight is 273 g/mol. The predicted molar refractivity (Wildman–Crippen MR) is 62.8 cm³/mol. The summed E-state index contributed by atoms with van der Waals surface area (Å²) in [6.45, 7) is 6.01. The Balaban J connectivity index is 2.21. The lowest BCUT2D eigenvalue weighted by Gasteiger charge is -2.52. The van der Waals surface area contributed by atoms with Crippen molar-refractivity contribution in [3.8, 4) is 0 Å². The summed E-state index contributed by atoms with van der Waals surface area (Å²) in [5.41, 5.74) is 0.263. The molecule has 4 atom stereocenters. The number of allylic oxidation sites excluding steroid dienone is 1. The smallest absolute Gasteiger partial charge is 0.302 e. The van der Waals surface area contributed by atoms with Gasteiger partial charge in [0.15, 0.2) is 0 Å². The Morgan fingerprint density at radius 2 is 2.13 bits per heavy atom. The Hall–Kier alpha value is -0.310. The SMILES string of the molecule is CC(=O)OC1C(Br)C=CC2CC1C2(C)C. The molecule has 0 aliphatic heterocycles. The zero-order valence-electron chi connectivity index (χ0n) is 9.37. The summed E-state index contributed by atoms with van der Waals surface area (Å²) in [5, 5.41) is 0. The molecule has 4 unspecified atom stereocenters. The van der Waals surface area contributed by atoms with Gasteiger partial charge in [0.2, 0.25) is 0 Å². The van der Waals surface area contributed by atoms with Gasteiger partial charge in [0.05, 0.1) is 4.83 Å². The van der Waals surface area contributed by atoms with E-state index in [9.17, 15) is 4.79 Å². The lowest BCUT2D eigenvalue weighted by atomic mass is 9.54. The molecule has 0 aromatic rings. The van der Waals surface area contributed by atoms with Crippen molar-refractivity contribution >= 4 is 21.9 Å². The van der Waals surface area contributed by atoms with E-state index >= 15 is 0 Å². The molecule has 0 N–H and O–H groups in total. The fraction of sp³-hybridized carbons (Fsp3) is 0.750. The zero-order chi connectivity index (χ0) is 11.2. The Morgan fingerprint density at radius 3 is 2.67 bits per heavy atom. The Kier molecular flexibility index (Phi) is 2.70. The van der Waals surface area contributed by atoms with Gasteiger partial charge in [-0.05, 0) is 17.8 Å². The second-order valence-corrected chi connectivity index (χ2v) is 6.23. The molecule has 84 valence electrons. The van der Waals surface area contributed by atoms with Gasteiger partial charge < -0.3 is 4.74 Å². The molecule has 3 heteroatoms. The molecule has 2 nitrogen and oxygen atoms in total. The minimum Gasteiger partial charge on any atom is -0.461 e. The number of ether oxygens (including phenoxy) is 1. The molecule has 3 aliphatic carbocycles. The molecular weight excluding hydrogens is 256 g/mol. The van der Waals surface area contributed by atoms with Crippen molar-refractivity contribution in [2.75, 3.05) is 0 Å². The van der Waals surface area contributed by atoms with E-state index in [1.54, 1.807) is 0 Å². The first-order chi connectivity index (χ1) is 6.93. The van der Waals surface area contributed by atoms with E-state index in [1.807, 2.05) is 0 Å². The van der Waals surface area contributed by atoms with Gasteiger partial charge in [-0.2, -0.15) is 0 Å². The van der Waals surface area contributed by atoms with Gasteiger partial charge >= 0.3 is 5.97 Å². The van der Waals surface area contributed by atoms with E-state index in [1.165, 1.54) is 6.92 Å². The van der Waals surface area contributed by atoms with E-state index < -0.39 is 0 Å². The first kappa shape index (κ1) is 11.2. The van der Waals surface area contributed by atoms with E-state index in [0.29, 0.717) is 11.8 Å². The molecule has 1 saturated carbocycles. The number of carbonyl (C=O) groups is 1. The summed E-state index contributed by atoms with van der Waals surface area (Å²) in [6, 6.07) is 0. The molecule has 0 heterocycles. The highest BCUT2D eigenvalue weighted by Gasteiger charge is 2.54. The number of halogens is 1. The molecule has 0 aromatic carbocycles. The molecular formula is C12H17BrO2.